The molecule has 0 radical (unpaired) electrons. The first-order valence-electron chi connectivity index (χ1n) is 17.2. The van der Waals surface area contributed by atoms with Crippen LogP contribution in [0, 0.1) is 0 Å². The number of fused-ring (bicyclic) bond motifs is 10. The number of thiazole rings is 1. The number of H-pyrrole nitrogens is 2. The third kappa shape index (κ3) is 4.76. The second-order valence-corrected chi connectivity index (χ2v) is 15.7. The van der Waals surface area contributed by atoms with Crippen LogP contribution in [0.3, 0.4) is 0 Å². The molecule has 0 atom stereocenters. The Balaban J connectivity index is 0.000000130. The van der Waals surface area contributed by atoms with Crippen molar-refractivity contribution in [2.45, 2.75) is 82.2 Å². The Bertz CT molecular complexity index is 2240. The number of amides is 2. The third-order valence-electron chi connectivity index (χ3n) is 11.1. The van der Waals surface area contributed by atoms with Crippen LogP contribution >= 0.6 is 22.9 Å². The highest BCUT2D eigenvalue weighted by Gasteiger charge is 2.50. The SMILES string of the molecule is CCOc1ncc(-c2cc3c(cn2)CCc2c-3[nH]c3c2C(=O)NC2(CC2)C3)s1.O=C1NC2(CC2)Cc2[nH]c3c(c21)CCc1cnc(Cl)cc1-3. The fourth-order valence-corrected chi connectivity index (χ4v) is 9.22. The molecule has 2 aliphatic heterocycles. The molecule has 5 aromatic rings. The molecule has 2 saturated carbocycles. The molecule has 12 heteroatoms. The van der Waals surface area contributed by atoms with E-state index in [1.807, 2.05) is 31.6 Å². The van der Waals surface area contributed by atoms with Crippen molar-refractivity contribution in [3.63, 3.8) is 0 Å². The summed E-state index contributed by atoms with van der Waals surface area (Å²) in [5.41, 5.74) is 14.1. The number of rotatable bonds is 3. The van der Waals surface area contributed by atoms with E-state index in [0.29, 0.717) is 17.0 Å². The Labute approximate surface area is 291 Å². The minimum atomic E-state index is 0.0160. The van der Waals surface area contributed by atoms with Gasteiger partial charge in [0.1, 0.15) is 5.15 Å². The van der Waals surface area contributed by atoms with E-state index in [2.05, 4.69) is 41.6 Å². The lowest BCUT2D eigenvalue weighted by molar-refractivity contribution is 0.0908. The number of halogens is 1. The van der Waals surface area contributed by atoms with E-state index in [1.165, 1.54) is 22.5 Å². The van der Waals surface area contributed by atoms with E-state index in [4.69, 9.17) is 16.3 Å². The van der Waals surface area contributed by atoms with Crippen molar-refractivity contribution in [1.29, 1.82) is 0 Å². The number of nitrogens with one attached hydrogen (secondary N) is 4. The Morgan fingerprint density at radius 2 is 1.35 bits per heavy atom. The smallest absolute Gasteiger partial charge is 0.273 e. The normalized spacial score (nSPS) is 19.2. The number of aromatic amines is 2. The summed E-state index contributed by atoms with van der Waals surface area (Å²) in [4.78, 5) is 46.5. The van der Waals surface area contributed by atoms with Gasteiger partial charge in [-0.2, -0.15) is 0 Å². The zero-order chi connectivity index (χ0) is 33.1. The first-order valence-corrected chi connectivity index (χ1v) is 18.4. The maximum Gasteiger partial charge on any atom is 0.273 e. The van der Waals surface area contributed by atoms with Gasteiger partial charge in [0, 0.05) is 58.8 Å². The van der Waals surface area contributed by atoms with Crippen LogP contribution < -0.4 is 15.4 Å². The van der Waals surface area contributed by atoms with Crippen molar-refractivity contribution < 1.29 is 14.3 Å². The van der Waals surface area contributed by atoms with Crippen LogP contribution in [-0.2, 0) is 38.5 Å². The van der Waals surface area contributed by atoms with Crippen LogP contribution in [0.25, 0.3) is 33.1 Å². The molecule has 2 spiro atoms. The fourth-order valence-electron chi connectivity index (χ4n) is 8.27. The Morgan fingerprint density at radius 1 is 0.776 bits per heavy atom. The van der Waals surface area contributed by atoms with E-state index in [1.54, 1.807) is 0 Å². The van der Waals surface area contributed by atoms with Gasteiger partial charge in [-0.1, -0.05) is 22.9 Å². The first kappa shape index (κ1) is 29.4. The van der Waals surface area contributed by atoms with Crippen LogP contribution in [0.4, 0.5) is 0 Å². The highest BCUT2D eigenvalue weighted by molar-refractivity contribution is 7.16. The first-order chi connectivity index (χ1) is 23.8. The number of carbonyl (C=O) groups is 2. The second-order valence-electron chi connectivity index (χ2n) is 14.3. The number of carbonyl (C=O) groups excluding carboxylic acids is 2. The molecule has 10 nitrogen and oxygen atoms in total. The molecule has 5 aromatic heterocycles. The molecule has 0 aromatic carbocycles. The second kappa shape index (κ2) is 10.5. The third-order valence-corrected chi connectivity index (χ3v) is 12.2. The number of hydrogen-bond acceptors (Lipinski definition) is 7. The largest absolute Gasteiger partial charge is 0.470 e. The van der Waals surface area contributed by atoms with Crippen LogP contribution in [0.15, 0.2) is 30.7 Å². The van der Waals surface area contributed by atoms with Gasteiger partial charge in [0.15, 0.2) is 0 Å². The fraction of sp³-hybridized carbons (Fsp3) is 0.378. The van der Waals surface area contributed by atoms with E-state index < -0.39 is 0 Å². The minimum Gasteiger partial charge on any atom is -0.470 e. The van der Waals surface area contributed by atoms with Crippen molar-refractivity contribution in [2.24, 2.45) is 0 Å². The van der Waals surface area contributed by atoms with Gasteiger partial charge in [0.2, 0.25) is 0 Å². The minimum absolute atomic E-state index is 0.0160. The number of pyridine rings is 2. The predicted molar refractivity (Wildman–Crippen MR) is 186 cm³/mol. The average molecular weight is 692 g/mol. The number of ether oxygens (including phenoxy) is 1. The van der Waals surface area contributed by atoms with Gasteiger partial charge in [0.05, 0.1) is 45.9 Å². The van der Waals surface area contributed by atoms with Crippen molar-refractivity contribution in [2.75, 3.05) is 6.61 Å². The topological polar surface area (TPSA) is 138 Å². The molecule has 248 valence electrons. The van der Waals surface area contributed by atoms with E-state index in [-0.39, 0.29) is 22.9 Å². The van der Waals surface area contributed by atoms with Gasteiger partial charge in [-0.15, -0.1) is 0 Å². The lowest BCUT2D eigenvalue weighted by atomic mass is 9.87. The molecular weight excluding hydrogens is 658 g/mol. The lowest BCUT2D eigenvalue weighted by Gasteiger charge is -2.24. The number of hydrogen-bond donors (Lipinski definition) is 4. The van der Waals surface area contributed by atoms with Gasteiger partial charge in [0.25, 0.3) is 17.0 Å². The van der Waals surface area contributed by atoms with E-state index in [0.717, 1.165) is 131 Å². The summed E-state index contributed by atoms with van der Waals surface area (Å²) >= 11 is 7.56. The molecule has 4 N–H and O–H groups in total. The Morgan fingerprint density at radius 3 is 1.92 bits per heavy atom. The van der Waals surface area contributed by atoms with Crippen LogP contribution in [0.2, 0.25) is 5.15 Å². The predicted octanol–water partition coefficient (Wildman–Crippen LogP) is 6.16. The highest BCUT2D eigenvalue weighted by atomic mass is 35.5. The summed E-state index contributed by atoms with van der Waals surface area (Å²) in [5, 5.41) is 7.60. The molecule has 7 heterocycles. The molecule has 49 heavy (non-hydrogen) atoms. The Hall–Kier alpha value is -4.48. The van der Waals surface area contributed by atoms with Crippen molar-refractivity contribution in [1.82, 2.24) is 35.6 Å². The molecular formula is C37H34ClN7O3S. The number of aromatic nitrogens is 5. The van der Waals surface area contributed by atoms with Gasteiger partial charge in [-0.05, 0) is 92.7 Å². The van der Waals surface area contributed by atoms with Crippen LogP contribution in [0.1, 0.15) is 87.0 Å². The summed E-state index contributed by atoms with van der Waals surface area (Å²) < 4.78 is 5.50. The summed E-state index contributed by atoms with van der Waals surface area (Å²) in [5.74, 6) is 0.188. The van der Waals surface area contributed by atoms with Crippen LogP contribution in [0.5, 0.6) is 5.19 Å². The maximum atomic E-state index is 12.8. The van der Waals surface area contributed by atoms with Gasteiger partial charge >= 0.3 is 0 Å². The van der Waals surface area contributed by atoms with Gasteiger partial charge in [-0.3, -0.25) is 14.6 Å². The molecule has 0 unspecified atom stereocenters. The number of aryl methyl sites for hydroxylation is 2. The van der Waals surface area contributed by atoms with Crippen molar-refractivity contribution >= 4 is 34.8 Å². The summed E-state index contributed by atoms with van der Waals surface area (Å²) in [6.07, 6.45) is 15.4. The standard InChI is InChI=1S/C21H20N4O2S.C16H14ClN3O/c1-2-27-20-23-10-16(28-20)14-7-13-11(9-22-14)3-4-12-17-15(24-18(12)13)8-21(5-6-21)25-19(17)26;17-12-5-10-8(7-18-12)1-2-9-13-11(19-14(9)10)6-16(3-4-16)20-15(13)21/h7,9-10,24H,2-6,8H2,1H3,(H,25,26);5,7,19H,1-4,6H2,(H,20,21). The Kier molecular flexibility index (Phi) is 6.31. The van der Waals surface area contributed by atoms with E-state index >= 15 is 0 Å². The molecule has 2 fully saturated rings. The van der Waals surface area contributed by atoms with E-state index in [9.17, 15) is 9.59 Å². The monoisotopic (exact) mass is 691 g/mol. The lowest BCUT2D eigenvalue weighted by Crippen LogP contribution is -2.43. The molecule has 6 aliphatic rings. The number of nitrogens with zero attached hydrogens (tertiary/aromatic N) is 3. The molecule has 2 amide bonds. The summed E-state index contributed by atoms with van der Waals surface area (Å²) in [6, 6.07) is 4.03. The zero-order valence-corrected chi connectivity index (χ0v) is 28.6. The average Bonchev–Trinajstić information content (AvgIpc) is 3.80. The summed E-state index contributed by atoms with van der Waals surface area (Å²) in [7, 11) is 0. The highest BCUT2D eigenvalue weighted by Crippen LogP contribution is 2.47. The molecule has 11 rings (SSSR count). The van der Waals surface area contributed by atoms with Crippen LogP contribution in [-0.4, -0.2) is 54.4 Å². The molecule has 0 saturated heterocycles. The molecule has 0 bridgehead atoms. The molecule has 4 aliphatic carbocycles. The van der Waals surface area contributed by atoms with Crippen molar-refractivity contribution in [3.05, 3.63) is 80.6 Å². The van der Waals surface area contributed by atoms with Gasteiger partial charge < -0.3 is 25.3 Å². The summed E-state index contributed by atoms with van der Waals surface area (Å²) in [6.45, 7) is 2.56. The quantitative estimate of drug-likeness (QED) is 0.167. The zero-order valence-electron chi connectivity index (χ0n) is 27.0. The maximum absolute atomic E-state index is 12.8. The van der Waals surface area contributed by atoms with Gasteiger partial charge in [-0.25, -0.2) is 9.97 Å². The van der Waals surface area contributed by atoms with Crippen molar-refractivity contribution in [3.8, 4) is 38.3 Å².